The highest BCUT2D eigenvalue weighted by atomic mass is 79.9. The van der Waals surface area contributed by atoms with Gasteiger partial charge < -0.3 is 14.6 Å². The van der Waals surface area contributed by atoms with E-state index in [2.05, 4.69) is 15.9 Å². The predicted octanol–water partition coefficient (Wildman–Crippen LogP) is 3.06. The summed E-state index contributed by atoms with van der Waals surface area (Å²) in [4.78, 5) is 0. The fraction of sp³-hybridized carbons (Fsp3) is 0.538. The predicted molar refractivity (Wildman–Crippen MR) is 69.2 cm³/mol. The average molecular weight is 301 g/mol. The van der Waals surface area contributed by atoms with Crippen molar-refractivity contribution in [2.45, 2.75) is 32.0 Å². The van der Waals surface area contributed by atoms with Crippen molar-refractivity contribution < 1.29 is 14.6 Å². The van der Waals surface area contributed by atoms with Crippen LogP contribution in [0.15, 0.2) is 22.7 Å². The first-order valence-electron chi connectivity index (χ1n) is 5.88. The Balaban J connectivity index is 2.13. The minimum Gasteiger partial charge on any atom is -0.490 e. The van der Waals surface area contributed by atoms with E-state index in [9.17, 15) is 5.11 Å². The van der Waals surface area contributed by atoms with Crippen molar-refractivity contribution in [3.63, 3.8) is 0 Å². The van der Waals surface area contributed by atoms with E-state index >= 15 is 0 Å². The Bertz CT molecular complexity index is 373. The molecule has 0 spiro atoms. The van der Waals surface area contributed by atoms with Gasteiger partial charge in [-0.05, 0) is 25.1 Å². The lowest BCUT2D eigenvalue weighted by molar-refractivity contribution is 0.0242. The van der Waals surface area contributed by atoms with Crippen molar-refractivity contribution in [2.24, 2.45) is 0 Å². The molecule has 1 N–H and O–H groups in total. The van der Waals surface area contributed by atoms with E-state index in [0.29, 0.717) is 0 Å². The number of benzene rings is 1. The number of rotatable bonds is 3. The molecule has 1 heterocycles. The van der Waals surface area contributed by atoms with Gasteiger partial charge in [0.05, 0.1) is 19.3 Å². The second kappa shape index (κ2) is 5.85. The minimum atomic E-state index is -0.526. The molecular formula is C13H17BrO3. The van der Waals surface area contributed by atoms with E-state index in [1.54, 1.807) is 6.92 Å². The monoisotopic (exact) mass is 300 g/mol. The van der Waals surface area contributed by atoms with E-state index < -0.39 is 6.10 Å². The summed E-state index contributed by atoms with van der Waals surface area (Å²) in [6, 6.07) is 5.74. The van der Waals surface area contributed by atoms with Crippen molar-refractivity contribution in [1.29, 1.82) is 0 Å². The van der Waals surface area contributed by atoms with E-state index in [-0.39, 0.29) is 6.10 Å². The van der Waals surface area contributed by atoms with Crippen LogP contribution in [0.4, 0.5) is 0 Å². The molecule has 4 heteroatoms. The molecule has 0 amide bonds. The average Bonchev–Trinajstić information content (AvgIpc) is 2.32. The van der Waals surface area contributed by atoms with Gasteiger partial charge in [-0.1, -0.05) is 15.9 Å². The lowest BCUT2D eigenvalue weighted by atomic mass is 10.1. The highest BCUT2D eigenvalue weighted by molar-refractivity contribution is 9.10. The summed E-state index contributed by atoms with van der Waals surface area (Å²) in [5, 5.41) is 9.73. The minimum absolute atomic E-state index is 0.197. The quantitative estimate of drug-likeness (QED) is 0.932. The summed E-state index contributed by atoms with van der Waals surface area (Å²) >= 11 is 3.40. The molecule has 0 unspecified atom stereocenters. The van der Waals surface area contributed by atoms with Crippen LogP contribution in [-0.2, 0) is 4.74 Å². The van der Waals surface area contributed by atoms with E-state index in [0.717, 1.165) is 41.8 Å². The summed E-state index contributed by atoms with van der Waals surface area (Å²) in [5.74, 6) is 0.773. The van der Waals surface area contributed by atoms with Gasteiger partial charge in [-0.3, -0.25) is 0 Å². The largest absolute Gasteiger partial charge is 0.490 e. The Kier molecular flexibility index (Phi) is 4.42. The first kappa shape index (κ1) is 12.9. The molecule has 2 rings (SSSR count). The van der Waals surface area contributed by atoms with Crippen molar-refractivity contribution in [3.05, 3.63) is 28.2 Å². The van der Waals surface area contributed by atoms with Crippen LogP contribution in [0.25, 0.3) is 0 Å². The van der Waals surface area contributed by atoms with Crippen LogP contribution in [0, 0.1) is 0 Å². The molecule has 0 aliphatic carbocycles. The van der Waals surface area contributed by atoms with Crippen LogP contribution in [-0.4, -0.2) is 24.4 Å². The molecule has 1 fully saturated rings. The Hall–Kier alpha value is -0.580. The third-order valence-electron chi connectivity index (χ3n) is 2.88. The number of hydrogen-bond acceptors (Lipinski definition) is 3. The molecule has 94 valence electrons. The lowest BCUT2D eigenvalue weighted by Crippen LogP contribution is -2.26. The number of ether oxygens (including phenoxy) is 2. The van der Waals surface area contributed by atoms with E-state index in [1.807, 2.05) is 18.2 Å². The van der Waals surface area contributed by atoms with Crippen molar-refractivity contribution in [1.82, 2.24) is 0 Å². The van der Waals surface area contributed by atoms with Gasteiger partial charge >= 0.3 is 0 Å². The summed E-state index contributed by atoms with van der Waals surface area (Å²) < 4.78 is 12.2. The second-order valence-corrected chi connectivity index (χ2v) is 5.20. The van der Waals surface area contributed by atoms with Crippen LogP contribution >= 0.6 is 15.9 Å². The zero-order valence-corrected chi connectivity index (χ0v) is 11.4. The van der Waals surface area contributed by atoms with E-state index in [1.165, 1.54) is 0 Å². The SMILES string of the molecule is C[C@@H](O)c1cc(Br)ccc1OC1CCOCC1. The van der Waals surface area contributed by atoms with Crippen molar-refractivity contribution >= 4 is 15.9 Å². The lowest BCUT2D eigenvalue weighted by Gasteiger charge is -2.25. The van der Waals surface area contributed by atoms with Gasteiger partial charge in [-0.15, -0.1) is 0 Å². The number of halogens is 1. The van der Waals surface area contributed by atoms with Gasteiger partial charge in [0.15, 0.2) is 0 Å². The summed E-state index contributed by atoms with van der Waals surface area (Å²) in [7, 11) is 0. The third-order valence-corrected chi connectivity index (χ3v) is 3.38. The van der Waals surface area contributed by atoms with E-state index in [4.69, 9.17) is 9.47 Å². The Morgan fingerprint density at radius 3 is 2.76 bits per heavy atom. The molecule has 1 atom stereocenters. The van der Waals surface area contributed by atoms with Gasteiger partial charge in [0.2, 0.25) is 0 Å². The summed E-state index contributed by atoms with van der Waals surface area (Å²) in [6.45, 7) is 3.26. The maximum absolute atomic E-state index is 9.73. The zero-order valence-electron chi connectivity index (χ0n) is 9.86. The van der Waals surface area contributed by atoms with Crippen LogP contribution < -0.4 is 4.74 Å². The fourth-order valence-corrected chi connectivity index (χ4v) is 2.31. The summed E-state index contributed by atoms with van der Waals surface area (Å²) in [6.07, 6.45) is 1.50. The molecule has 1 aromatic carbocycles. The molecule has 0 saturated carbocycles. The van der Waals surface area contributed by atoms with Crippen LogP contribution in [0.1, 0.15) is 31.4 Å². The highest BCUT2D eigenvalue weighted by Gasteiger charge is 2.18. The zero-order chi connectivity index (χ0) is 12.3. The molecule has 17 heavy (non-hydrogen) atoms. The Morgan fingerprint density at radius 1 is 1.41 bits per heavy atom. The number of aliphatic hydroxyl groups excluding tert-OH is 1. The van der Waals surface area contributed by atoms with Gasteiger partial charge in [0, 0.05) is 22.9 Å². The summed E-state index contributed by atoms with van der Waals surface area (Å²) in [5.41, 5.74) is 0.825. The number of aliphatic hydroxyl groups is 1. The third kappa shape index (κ3) is 3.44. The maximum atomic E-state index is 9.73. The normalized spacial score (nSPS) is 19.0. The molecule has 1 aliphatic rings. The Labute approximate surface area is 110 Å². The second-order valence-electron chi connectivity index (χ2n) is 4.29. The van der Waals surface area contributed by atoms with Crippen molar-refractivity contribution in [3.8, 4) is 5.75 Å². The molecule has 0 aromatic heterocycles. The fourth-order valence-electron chi connectivity index (χ4n) is 1.93. The first-order chi connectivity index (χ1) is 8.16. The Morgan fingerprint density at radius 2 is 2.12 bits per heavy atom. The molecule has 3 nitrogen and oxygen atoms in total. The molecule has 1 aromatic rings. The molecule has 1 saturated heterocycles. The standard InChI is InChI=1S/C13H17BrO3/c1-9(15)12-8-10(14)2-3-13(12)17-11-4-6-16-7-5-11/h2-3,8-9,11,15H,4-7H2,1H3/t9-/m1/s1. The van der Waals surface area contributed by atoms with Crippen LogP contribution in [0.2, 0.25) is 0 Å². The van der Waals surface area contributed by atoms with Gasteiger partial charge in [0.25, 0.3) is 0 Å². The number of hydrogen-bond donors (Lipinski definition) is 1. The molecule has 0 bridgehead atoms. The van der Waals surface area contributed by atoms with Gasteiger partial charge in [-0.25, -0.2) is 0 Å². The molecule has 0 radical (unpaired) electrons. The molecular weight excluding hydrogens is 284 g/mol. The molecule has 1 aliphatic heterocycles. The maximum Gasteiger partial charge on any atom is 0.125 e. The van der Waals surface area contributed by atoms with Crippen molar-refractivity contribution in [2.75, 3.05) is 13.2 Å². The first-order valence-corrected chi connectivity index (χ1v) is 6.68. The van der Waals surface area contributed by atoms with Gasteiger partial charge in [-0.2, -0.15) is 0 Å². The smallest absolute Gasteiger partial charge is 0.125 e. The topological polar surface area (TPSA) is 38.7 Å². The highest BCUT2D eigenvalue weighted by Crippen LogP contribution is 2.30. The van der Waals surface area contributed by atoms with Crippen LogP contribution in [0.3, 0.4) is 0 Å². The van der Waals surface area contributed by atoms with Crippen LogP contribution in [0.5, 0.6) is 5.75 Å². The van der Waals surface area contributed by atoms with Gasteiger partial charge in [0.1, 0.15) is 11.9 Å².